The number of amides is 3. The van der Waals surface area contributed by atoms with Crippen LogP contribution >= 0.6 is 0 Å². The van der Waals surface area contributed by atoms with Crippen molar-refractivity contribution < 1.29 is 23.9 Å². The van der Waals surface area contributed by atoms with Crippen molar-refractivity contribution in [1.29, 1.82) is 0 Å². The number of carbonyl (C=O) groups is 3. The van der Waals surface area contributed by atoms with Crippen molar-refractivity contribution in [2.75, 3.05) is 6.61 Å². The number of ether oxygens (including phenoxy) is 2. The number of hydrogen-bond acceptors (Lipinski definition) is 6. The van der Waals surface area contributed by atoms with Gasteiger partial charge in [-0.2, -0.15) is 0 Å². The van der Waals surface area contributed by atoms with Gasteiger partial charge in [0.05, 0.1) is 18.1 Å². The first-order valence-electron chi connectivity index (χ1n) is 10.1. The minimum absolute atomic E-state index is 0.139. The number of imide groups is 1. The molecule has 0 saturated carbocycles. The molecule has 1 aromatic heterocycles. The quantitative estimate of drug-likeness (QED) is 0.685. The maximum absolute atomic E-state index is 12.9. The molecular weight excluding hydrogens is 398 g/mol. The second kappa shape index (κ2) is 8.59. The average molecular weight is 421 g/mol. The Labute approximate surface area is 180 Å². The Morgan fingerprint density at radius 2 is 1.97 bits per heavy atom. The number of benzene rings is 1. The van der Waals surface area contributed by atoms with Crippen molar-refractivity contribution >= 4 is 24.2 Å². The number of rotatable bonds is 5. The molecule has 0 aliphatic carbocycles. The highest BCUT2D eigenvalue weighted by Gasteiger charge is 2.58. The summed E-state index contributed by atoms with van der Waals surface area (Å²) in [6.07, 6.45) is 4.17. The number of pyridine rings is 1. The highest BCUT2D eigenvalue weighted by molar-refractivity contribution is 6.01. The molecule has 0 bridgehead atoms. The van der Waals surface area contributed by atoms with Crippen LogP contribution in [0.5, 0.6) is 0 Å². The van der Waals surface area contributed by atoms with E-state index in [2.05, 4.69) is 4.98 Å². The molecule has 0 spiro atoms. The van der Waals surface area contributed by atoms with Crippen LogP contribution in [0, 0.1) is 5.92 Å². The van der Waals surface area contributed by atoms with Crippen LogP contribution in [0.4, 0.5) is 9.59 Å². The highest BCUT2D eigenvalue weighted by Crippen LogP contribution is 2.40. The van der Waals surface area contributed by atoms with Gasteiger partial charge in [0.1, 0.15) is 12.8 Å². The Kier molecular flexibility index (Phi) is 5.70. The summed E-state index contributed by atoms with van der Waals surface area (Å²) in [6, 6.07) is 12.6. The van der Waals surface area contributed by atoms with E-state index in [4.69, 9.17) is 9.47 Å². The Bertz CT molecular complexity index is 993. The summed E-state index contributed by atoms with van der Waals surface area (Å²) in [6.45, 7) is 3.54. The van der Waals surface area contributed by atoms with Crippen LogP contribution in [0.15, 0.2) is 60.9 Å². The van der Waals surface area contributed by atoms with E-state index in [1.807, 2.05) is 36.4 Å². The molecular formula is C23H23N3O5. The van der Waals surface area contributed by atoms with Gasteiger partial charge in [0.2, 0.25) is 5.91 Å². The molecule has 2 aliphatic heterocycles. The second-order valence-corrected chi connectivity index (χ2v) is 7.64. The Hall–Kier alpha value is -3.68. The molecule has 2 aliphatic rings. The number of aromatic nitrogens is 1. The predicted molar refractivity (Wildman–Crippen MR) is 111 cm³/mol. The summed E-state index contributed by atoms with van der Waals surface area (Å²) in [4.78, 5) is 44.8. The maximum atomic E-state index is 12.9. The molecule has 2 fully saturated rings. The molecule has 31 heavy (non-hydrogen) atoms. The molecule has 160 valence electrons. The number of carbonyl (C=O) groups excluding carboxylic acids is 3. The lowest BCUT2D eigenvalue weighted by atomic mass is 9.90. The topological polar surface area (TPSA) is 89.0 Å². The van der Waals surface area contributed by atoms with Crippen LogP contribution in [0.25, 0.3) is 6.08 Å². The minimum Gasteiger partial charge on any atom is -0.447 e. The van der Waals surface area contributed by atoms with E-state index < -0.39 is 42.3 Å². The smallest absolute Gasteiger partial charge is 0.418 e. The van der Waals surface area contributed by atoms with E-state index in [-0.39, 0.29) is 6.61 Å². The Morgan fingerprint density at radius 1 is 1.19 bits per heavy atom. The Morgan fingerprint density at radius 3 is 2.65 bits per heavy atom. The van der Waals surface area contributed by atoms with E-state index in [0.717, 1.165) is 16.0 Å². The summed E-state index contributed by atoms with van der Waals surface area (Å²) in [5.41, 5.74) is 1.67. The number of hydrogen-bond donors (Lipinski definition) is 0. The zero-order valence-corrected chi connectivity index (χ0v) is 17.3. The first kappa shape index (κ1) is 20.6. The van der Waals surface area contributed by atoms with E-state index in [1.54, 1.807) is 44.5 Å². The zero-order chi connectivity index (χ0) is 22.0. The van der Waals surface area contributed by atoms with Crippen molar-refractivity contribution in [3.63, 3.8) is 0 Å². The summed E-state index contributed by atoms with van der Waals surface area (Å²) in [5, 5.41) is 0. The molecule has 3 heterocycles. The van der Waals surface area contributed by atoms with Crippen molar-refractivity contribution in [1.82, 2.24) is 14.8 Å². The van der Waals surface area contributed by atoms with Gasteiger partial charge in [-0.15, -0.1) is 0 Å². The van der Waals surface area contributed by atoms with Crippen LogP contribution in [-0.2, 0) is 14.3 Å². The standard InChI is InChI=1S/C23H23N3O5/c1-15(2)31-23(29)26-20(18(21(26)27)11-10-16-7-6-12-24-13-16)25-19(14-30-22(25)28)17-8-4-3-5-9-17/h3-13,15,18-20H,14H2,1-2H3/t18-,19-,20-/m1/s1. The van der Waals surface area contributed by atoms with Crippen molar-refractivity contribution in [3.05, 3.63) is 72.1 Å². The van der Waals surface area contributed by atoms with E-state index >= 15 is 0 Å². The fourth-order valence-electron chi connectivity index (χ4n) is 3.78. The van der Waals surface area contributed by atoms with Crippen molar-refractivity contribution in [2.45, 2.75) is 32.2 Å². The average Bonchev–Trinajstić information content (AvgIpc) is 3.13. The van der Waals surface area contributed by atoms with Gasteiger partial charge in [0, 0.05) is 12.4 Å². The summed E-state index contributed by atoms with van der Waals surface area (Å²) in [7, 11) is 0. The van der Waals surface area contributed by atoms with E-state index in [1.165, 1.54) is 4.90 Å². The summed E-state index contributed by atoms with van der Waals surface area (Å²) in [5.74, 6) is -1.14. The fraction of sp³-hybridized carbons (Fsp3) is 0.304. The minimum atomic E-state index is -0.841. The highest BCUT2D eigenvalue weighted by atomic mass is 16.6. The molecule has 2 saturated heterocycles. The van der Waals surface area contributed by atoms with Gasteiger partial charge in [-0.1, -0.05) is 48.6 Å². The number of likely N-dealkylation sites (tertiary alicyclic amines) is 1. The van der Waals surface area contributed by atoms with E-state index in [0.29, 0.717) is 0 Å². The Balaban J connectivity index is 1.67. The van der Waals surface area contributed by atoms with Crippen molar-refractivity contribution in [2.24, 2.45) is 5.92 Å². The lowest BCUT2D eigenvalue weighted by Gasteiger charge is -2.48. The van der Waals surface area contributed by atoms with Crippen LogP contribution in [0.3, 0.4) is 0 Å². The molecule has 2 aromatic rings. The van der Waals surface area contributed by atoms with Gasteiger partial charge in [-0.05, 0) is 31.0 Å². The molecule has 0 N–H and O–H groups in total. The largest absolute Gasteiger partial charge is 0.447 e. The molecule has 0 unspecified atom stereocenters. The number of nitrogens with zero attached hydrogens (tertiary/aromatic N) is 3. The van der Waals surface area contributed by atoms with Gasteiger partial charge in [0.15, 0.2) is 0 Å². The second-order valence-electron chi connectivity index (χ2n) is 7.64. The summed E-state index contributed by atoms with van der Waals surface area (Å²) < 4.78 is 10.6. The van der Waals surface area contributed by atoms with Crippen LogP contribution in [0.2, 0.25) is 0 Å². The van der Waals surface area contributed by atoms with Crippen LogP contribution in [0.1, 0.15) is 31.0 Å². The molecule has 1 aromatic carbocycles. The third-order valence-electron chi connectivity index (χ3n) is 5.20. The maximum Gasteiger partial charge on any atom is 0.418 e. The number of cyclic esters (lactones) is 1. The fourth-order valence-corrected chi connectivity index (χ4v) is 3.78. The van der Waals surface area contributed by atoms with Gasteiger partial charge in [0.25, 0.3) is 0 Å². The van der Waals surface area contributed by atoms with Gasteiger partial charge in [-0.3, -0.25) is 14.7 Å². The predicted octanol–water partition coefficient (Wildman–Crippen LogP) is 3.62. The molecule has 8 heteroatoms. The first-order chi connectivity index (χ1) is 15.0. The third kappa shape index (κ3) is 4.01. The monoisotopic (exact) mass is 421 g/mol. The zero-order valence-electron chi connectivity index (χ0n) is 17.3. The van der Waals surface area contributed by atoms with Gasteiger partial charge in [-0.25, -0.2) is 14.5 Å². The van der Waals surface area contributed by atoms with Crippen molar-refractivity contribution in [3.8, 4) is 0 Å². The molecule has 3 atom stereocenters. The molecule has 4 rings (SSSR count). The first-order valence-corrected chi connectivity index (χ1v) is 10.1. The third-order valence-corrected chi connectivity index (χ3v) is 5.20. The van der Waals surface area contributed by atoms with Crippen LogP contribution in [-0.4, -0.2) is 51.8 Å². The molecule has 8 nitrogen and oxygen atoms in total. The lowest BCUT2D eigenvalue weighted by molar-refractivity contribution is -0.158. The molecule has 0 radical (unpaired) electrons. The van der Waals surface area contributed by atoms with Gasteiger partial charge >= 0.3 is 12.2 Å². The van der Waals surface area contributed by atoms with Crippen LogP contribution < -0.4 is 0 Å². The normalized spacial score (nSPS) is 23.3. The summed E-state index contributed by atoms with van der Waals surface area (Å²) >= 11 is 0. The van der Waals surface area contributed by atoms with E-state index in [9.17, 15) is 14.4 Å². The van der Waals surface area contributed by atoms with Gasteiger partial charge < -0.3 is 9.47 Å². The molecule has 3 amide bonds. The SMILES string of the molecule is CC(C)OC(=O)N1C(=O)[C@H](C=Cc2cccnc2)[C@@H]1N1C(=O)OC[C@@H]1c1ccccc1. The number of β-lactam (4-membered cyclic amide) rings is 1. The lowest BCUT2D eigenvalue weighted by Crippen LogP contribution is -2.69.